The van der Waals surface area contributed by atoms with Crippen molar-refractivity contribution >= 4 is 11.4 Å². The van der Waals surface area contributed by atoms with Crippen LogP contribution < -0.4 is 10.6 Å². The maximum atomic E-state index is 10.9. The maximum absolute atomic E-state index is 10.9. The summed E-state index contributed by atoms with van der Waals surface area (Å²) in [6.07, 6.45) is 2.16. The summed E-state index contributed by atoms with van der Waals surface area (Å²) in [5.41, 5.74) is 1.03. The number of aliphatic hydroxyl groups excluding tert-OH is 1. The number of benzene rings is 1. The summed E-state index contributed by atoms with van der Waals surface area (Å²) in [6.45, 7) is 1.58. The third-order valence-corrected chi connectivity index (χ3v) is 3.12. The molecule has 0 aliphatic carbocycles. The molecule has 1 aliphatic heterocycles. The van der Waals surface area contributed by atoms with E-state index in [0.717, 1.165) is 31.6 Å². The number of hydrogen-bond donors (Lipinski definition) is 3. The SMILES string of the molecule is O=[N+]([O-])c1cc(NC2CCCNC2)ccc1CO. The second kappa shape index (κ2) is 5.79. The molecule has 3 N–H and O–H groups in total. The van der Waals surface area contributed by atoms with E-state index in [2.05, 4.69) is 10.6 Å². The van der Waals surface area contributed by atoms with Gasteiger partial charge in [-0.25, -0.2) is 0 Å². The average molecular weight is 251 g/mol. The molecule has 18 heavy (non-hydrogen) atoms. The van der Waals surface area contributed by atoms with Gasteiger partial charge in [-0.15, -0.1) is 0 Å². The van der Waals surface area contributed by atoms with E-state index in [0.29, 0.717) is 11.6 Å². The largest absolute Gasteiger partial charge is 0.391 e. The van der Waals surface area contributed by atoms with Crippen LogP contribution >= 0.6 is 0 Å². The number of nitrogens with zero attached hydrogens (tertiary/aromatic N) is 1. The lowest BCUT2D eigenvalue weighted by Crippen LogP contribution is -2.38. The normalized spacial score (nSPS) is 19.5. The van der Waals surface area contributed by atoms with Crippen molar-refractivity contribution in [2.45, 2.75) is 25.5 Å². The van der Waals surface area contributed by atoms with E-state index in [1.807, 2.05) is 0 Å². The smallest absolute Gasteiger partial charge is 0.276 e. The van der Waals surface area contributed by atoms with E-state index in [4.69, 9.17) is 5.11 Å². The number of piperidine rings is 1. The van der Waals surface area contributed by atoms with E-state index in [1.165, 1.54) is 6.07 Å². The molecule has 2 rings (SSSR count). The summed E-state index contributed by atoms with van der Waals surface area (Å²) >= 11 is 0. The summed E-state index contributed by atoms with van der Waals surface area (Å²) in [7, 11) is 0. The molecule has 6 nitrogen and oxygen atoms in total. The van der Waals surface area contributed by atoms with Crippen molar-refractivity contribution in [2.24, 2.45) is 0 Å². The van der Waals surface area contributed by atoms with Gasteiger partial charge < -0.3 is 15.7 Å². The van der Waals surface area contributed by atoms with Gasteiger partial charge in [-0.3, -0.25) is 10.1 Å². The van der Waals surface area contributed by atoms with Gasteiger partial charge in [0.25, 0.3) is 5.69 Å². The van der Waals surface area contributed by atoms with E-state index < -0.39 is 4.92 Å². The molecule has 0 saturated carbocycles. The molecule has 1 aromatic rings. The number of hydrogen-bond acceptors (Lipinski definition) is 5. The molecule has 1 heterocycles. The summed E-state index contributed by atoms with van der Waals surface area (Å²) in [4.78, 5) is 10.4. The zero-order valence-corrected chi connectivity index (χ0v) is 10.1. The van der Waals surface area contributed by atoms with E-state index >= 15 is 0 Å². The van der Waals surface area contributed by atoms with Crippen molar-refractivity contribution < 1.29 is 10.0 Å². The van der Waals surface area contributed by atoms with Gasteiger partial charge in [-0.05, 0) is 31.5 Å². The van der Waals surface area contributed by atoms with Crippen LogP contribution in [-0.2, 0) is 6.61 Å². The highest BCUT2D eigenvalue weighted by Gasteiger charge is 2.16. The number of aliphatic hydroxyl groups is 1. The van der Waals surface area contributed by atoms with Crippen LogP contribution in [0.4, 0.5) is 11.4 Å². The molecule has 98 valence electrons. The second-order valence-electron chi connectivity index (χ2n) is 4.45. The van der Waals surface area contributed by atoms with Crippen molar-refractivity contribution in [2.75, 3.05) is 18.4 Å². The molecule has 0 aromatic heterocycles. The minimum Gasteiger partial charge on any atom is -0.391 e. The third kappa shape index (κ3) is 2.96. The van der Waals surface area contributed by atoms with Gasteiger partial charge in [0.15, 0.2) is 0 Å². The van der Waals surface area contributed by atoms with Crippen molar-refractivity contribution in [1.82, 2.24) is 5.32 Å². The standard InChI is InChI=1S/C12H17N3O3/c16-8-9-3-4-10(6-12(9)15(17)18)14-11-2-1-5-13-7-11/h3-4,6,11,13-14,16H,1-2,5,7-8H2. The maximum Gasteiger partial charge on any atom is 0.276 e. The first kappa shape index (κ1) is 12.8. The Balaban J connectivity index is 2.13. The lowest BCUT2D eigenvalue weighted by atomic mass is 10.1. The third-order valence-electron chi connectivity index (χ3n) is 3.12. The quantitative estimate of drug-likeness (QED) is 0.553. The van der Waals surface area contributed by atoms with Gasteiger partial charge in [0.2, 0.25) is 0 Å². The Hall–Kier alpha value is -1.66. The molecule has 0 spiro atoms. The fraction of sp³-hybridized carbons (Fsp3) is 0.500. The highest BCUT2D eigenvalue weighted by molar-refractivity contribution is 5.55. The number of rotatable bonds is 4. The molecule has 1 unspecified atom stereocenters. The minimum absolute atomic E-state index is 0.0359. The highest BCUT2D eigenvalue weighted by atomic mass is 16.6. The summed E-state index contributed by atoms with van der Waals surface area (Å²) in [6, 6.07) is 5.16. The van der Waals surface area contributed by atoms with Crippen LogP contribution in [0.15, 0.2) is 18.2 Å². The lowest BCUT2D eigenvalue weighted by molar-refractivity contribution is -0.385. The van der Waals surface area contributed by atoms with Gasteiger partial charge in [-0.1, -0.05) is 0 Å². The van der Waals surface area contributed by atoms with Gasteiger partial charge in [0.1, 0.15) is 0 Å². The molecular formula is C12H17N3O3. The Labute approximate surface area is 105 Å². The van der Waals surface area contributed by atoms with E-state index in [-0.39, 0.29) is 12.3 Å². The Kier molecular flexibility index (Phi) is 4.11. The Morgan fingerprint density at radius 1 is 1.56 bits per heavy atom. The van der Waals surface area contributed by atoms with E-state index in [1.54, 1.807) is 12.1 Å². The Morgan fingerprint density at radius 2 is 2.39 bits per heavy atom. The van der Waals surface area contributed by atoms with Gasteiger partial charge in [0, 0.05) is 24.3 Å². The fourth-order valence-corrected chi connectivity index (χ4v) is 2.17. The molecule has 0 amide bonds. The number of nitrogens with one attached hydrogen (secondary N) is 2. The fourth-order valence-electron chi connectivity index (χ4n) is 2.17. The van der Waals surface area contributed by atoms with Crippen LogP contribution in [0, 0.1) is 10.1 Å². The van der Waals surface area contributed by atoms with Gasteiger partial charge in [-0.2, -0.15) is 0 Å². The van der Waals surface area contributed by atoms with Crippen LogP contribution in [0.2, 0.25) is 0 Å². The van der Waals surface area contributed by atoms with Crippen LogP contribution in [0.5, 0.6) is 0 Å². The zero-order valence-electron chi connectivity index (χ0n) is 10.1. The summed E-state index contributed by atoms with van der Waals surface area (Å²) in [5, 5.41) is 26.5. The van der Waals surface area contributed by atoms with Crippen molar-refractivity contribution in [3.8, 4) is 0 Å². The second-order valence-corrected chi connectivity index (χ2v) is 4.45. The molecular weight excluding hydrogens is 234 g/mol. The Morgan fingerprint density at radius 3 is 3.00 bits per heavy atom. The summed E-state index contributed by atoms with van der Waals surface area (Å²) in [5.74, 6) is 0. The highest BCUT2D eigenvalue weighted by Crippen LogP contribution is 2.24. The van der Waals surface area contributed by atoms with Crippen LogP contribution in [0.1, 0.15) is 18.4 Å². The summed E-state index contributed by atoms with van der Waals surface area (Å²) < 4.78 is 0. The predicted octanol–water partition coefficient (Wildman–Crippen LogP) is 1.25. The minimum atomic E-state index is -0.462. The topological polar surface area (TPSA) is 87.4 Å². The number of anilines is 1. The molecule has 1 aromatic carbocycles. The molecule has 0 bridgehead atoms. The molecule has 6 heteroatoms. The van der Waals surface area contributed by atoms with Crippen LogP contribution in [0.3, 0.4) is 0 Å². The molecule has 1 atom stereocenters. The molecule has 1 fully saturated rings. The first-order chi connectivity index (χ1) is 8.70. The van der Waals surface area contributed by atoms with Crippen molar-refractivity contribution in [3.05, 3.63) is 33.9 Å². The van der Waals surface area contributed by atoms with Crippen LogP contribution in [-0.4, -0.2) is 29.2 Å². The van der Waals surface area contributed by atoms with Crippen LogP contribution in [0.25, 0.3) is 0 Å². The van der Waals surface area contributed by atoms with Crippen molar-refractivity contribution in [3.63, 3.8) is 0 Å². The molecule has 1 saturated heterocycles. The predicted molar refractivity (Wildman–Crippen MR) is 68.5 cm³/mol. The zero-order chi connectivity index (χ0) is 13.0. The van der Waals surface area contributed by atoms with Gasteiger partial charge >= 0.3 is 0 Å². The number of nitro groups is 1. The first-order valence-corrected chi connectivity index (χ1v) is 6.06. The molecule has 1 aliphatic rings. The Bertz CT molecular complexity index is 431. The lowest BCUT2D eigenvalue weighted by Gasteiger charge is -2.24. The monoisotopic (exact) mass is 251 g/mol. The van der Waals surface area contributed by atoms with Crippen molar-refractivity contribution in [1.29, 1.82) is 0 Å². The first-order valence-electron chi connectivity index (χ1n) is 6.06. The van der Waals surface area contributed by atoms with Gasteiger partial charge in [0.05, 0.1) is 17.1 Å². The number of nitro benzene ring substituents is 1. The molecule has 0 radical (unpaired) electrons. The van der Waals surface area contributed by atoms with E-state index in [9.17, 15) is 10.1 Å². The average Bonchev–Trinajstić information content (AvgIpc) is 2.40.